The SMILES string of the molecule is COCCC(=O)NCCNS(=O)(=O)c1cccs1. The van der Waals surface area contributed by atoms with Crippen molar-refractivity contribution in [2.75, 3.05) is 26.8 Å². The van der Waals surface area contributed by atoms with Crippen LogP contribution in [0.25, 0.3) is 0 Å². The summed E-state index contributed by atoms with van der Waals surface area (Å²) in [5.41, 5.74) is 0. The zero-order valence-electron chi connectivity index (χ0n) is 10.0. The van der Waals surface area contributed by atoms with Gasteiger partial charge in [-0.1, -0.05) is 6.07 Å². The van der Waals surface area contributed by atoms with E-state index in [2.05, 4.69) is 10.0 Å². The molecule has 0 unspecified atom stereocenters. The molecule has 0 bridgehead atoms. The van der Waals surface area contributed by atoms with Crippen LogP contribution in [0.2, 0.25) is 0 Å². The summed E-state index contributed by atoms with van der Waals surface area (Å²) in [6, 6.07) is 3.20. The van der Waals surface area contributed by atoms with Gasteiger partial charge in [-0.3, -0.25) is 4.79 Å². The van der Waals surface area contributed by atoms with Crippen molar-refractivity contribution in [2.45, 2.75) is 10.6 Å². The summed E-state index contributed by atoms with van der Waals surface area (Å²) in [4.78, 5) is 11.2. The number of thiophene rings is 1. The Morgan fingerprint density at radius 3 is 2.83 bits per heavy atom. The molecule has 0 aliphatic rings. The van der Waals surface area contributed by atoms with E-state index >= 15 is 0 Å². The van der Waals surface area contributed by atoms with Crippen LogP contribution >= 0.6 is 11.3 Å². The normalized spacial score (nSPS) is 11.4. The Morgan fingerprint density at radius 1 is 1.44 bits per heavy atom. The van der Waals surface area contributed by atoms with Crippen LogP contribution in [-0.2, 0) is 19.6 Å². The van der Waals surface area contributed by atoms with Crippen molar-refractivity contribution in [2.24, 2.45) is 0 Å². The molecular weight excluding hydrogens is 276 g/mol. The minimum absolute atomic E-state index is 0.160. The van der Waals surface area contributed by atoms with Crippen LogP contribution in [0, 0.1) is 0 Å². The number of methoxy groups -OCH3 is 1. The fourth-order valence-corrected chi connectivity index (χ4v) is 3.23. The summed E-state index contributed by atoms with van der Waals surface area (Å²) in [5, 5.41) is 4.29. The van der Waals surface area contributed by atoms with Crippen LogP contribution < -0.4 is 10.0 Å². The summed E-state index contributed by atoms with van der Waals surface area (Å²) in [7, 11) is -1.92. The summed E-state index contributed by atoms with van der Waals surface area (Å²) >= 11 is 1.15. The van der Waals surface area contributed by atoms with Gasteiger partial charge in [-0.05, 0) is 11.4 Å². The third kappa shape index (κ3) is 5.13. The molecule has 1 heterocycles. The Labute approximate surface area is 110 Å². The Hall–Kier alpha value is -0.960. The Morgan fingerprint density at radius 2 is 2.22 bits per heavy atom. The fourth-order valence-electron chi connectivity index (χ4n) is 1.16. The first-order chi connectivity index (χ1) is 8.56. The number of hydrogen-bond donors (Lipinski definition) is 2. The fraction of sp³-hybridized carbons (Fsp3) is 0.500. The number of ether oxygens (including phenoxy) is 1. The van der Waals surface area contributed by atoms with E-state index in [1.165, 1.54) is 13.2 Å². The van der Waals surface area contributed by atoms with Crippen molar-refractivity contribution in [3.05, 3.63) is 17.5 Å². The van der Waals surface area contributed by atoms with Gasteiger partial charge in [0.25, 0.3) is 0 Å². The lowest BCUT2D eigenvalue weighted by Crippen LogP contribution is -2.34. The molecule has 0 fully saturated rings. The largest absolute Gasteiger partial charge is 0.384 e. The predicted octanol–water partition coefficient (Wildman–Crippen LogP) is 0.179. The maximum Gasteiger partial charge on any atom is 0.250 e. The first-order valence-corrected chi connectivity index (χ1v) is 7.71. The number of hydrogen-bond acceptors (Lipinski definition) is 5. The topological polar surface area (TPSA) is 84.5 Å². The standard InChI is InChI=1S/C10H16N2O4S2/c1-16-7-4-9(13)11-5-6-12-18(14,15)10-3-2-8-17-10/h2-3,8,12H,4-7H2,1H3,(H,11,13). The van der Waals surface area contributed by atoms with Crippen molar-refractivity contribution in [1.82, 2.24) is 10.0 Å². The van der Waals surface area contributed by atoms with E-state index in [-0.39, 0.29) is 29.6 Å². The lowest BCUT2D eigenvalue weighted by Gasteiger charge is -2.06. The number of amides is 1. The molecule has 0 radical (unpaired) electrons. The van der Waals surface area contributed by atoms with Gasteiger partial charge in [0.1, 0.15) is 4.21 Å². The van der Waals surface area contributed by atoms with Gasteiger partial charge in [0.15, 0.2) is 0 Å². The molecule has 102 valence electrons. The summed E-state index contributed by atoms with van der Waals surface area (Å²) in [5.74, 6) is -0.160. The van der Waals surface area contributed by atoms with E-state index in [1.807, 2.05) is 0 Å². The molecule has 18 heavy (non-hydrogen) atoms. The van der Waals surface area contributed by atoms with Crippen LogP contribution in [0.5, 0.6) is 0 Å². The van der Waals surface area contributed by atoms with Gasteiger partial charge in [0.05, 0.1) is 6.61 Å². The molecule has 0 atom stereocenters. The van der Waals surface area contributed by atoms with Crippen molar-refractivity contribution >= 4 is 27.3 Å². The summed E-state index contributed by atoms with van der Waals surface area (Å²) in [6.45, 7) is 0.777. The molecule has 0 aromatic carbocycles. The minimum Gasteiger partial charge on any atom is -0.384 e. The lowest BCUT2D eigenvalue weighted by molar-refractivity contribution is -0.121. The Balaban J connectivity index is 2.24. The zero-order chi connectivity index (χ0) is 13.4. The van der Waals surface area contributed by atoms with Crippen molar-refractivity contribution < 1.29 is 17.9 Å². The van der Waals surface area contributed by atoms with Crippen LogP contribution in [0.3, 0.4) is 0 Å². The molecule has 2 N–H and O–H groups in total. The molecule has 1 amide bonds. The number of carbonyl (C=O) groups is 1. The molecule has 1 rings (SSSR count). The molecule has 0 aliphatic carbocycles. The second-order valence-electron chi connectivity index (χ2n) is 3.42. The van der Waals surface area contributed by atoms with Crippen LogP contribution in [-0.4, -0.2) is 41.1 Å². The van der Waals surface area contributed by atoms with Gasteiger partial charge in [-0.2, -0.15) is 0 Å². The van der Waals surface area contributed by atoms with Crippen molar-refractivity contribution in [3.63, 3.8) is 0 Å². The maximum atomic E-state index is 11.7. The van der Waals surface area contributed by atoms with Crippen molar-refractivity contribution in [1.29, 1.82) is 0 Å². The second kappa shape index (κ2) is 7.47. The number of carbonyl (C=O) groups excluding carboxylic acids is 1. The minimum atomic E-state index is -3.44. The van der Waals surface area contributed by atoms with Gasteiger partial charge in [-0.15, -0.1) is 11.3 Å². The lowest BCUT2D eigenvalue weighted by atomic mass is 10.4. The summed E-state index contributed by atoms with van der Waals surface area (Å²) in [6.07, 6.45) is 0.272. The van der Waals surface area contributed by atoms with Crippen LogP contribution in [0.4, 0.5) is 0 Å². The highest BCUT2D eigenvalue weighted by Crippen LogP contribution is 2.14. The van der Waals surface area contributed by atoms with Crippen molar-refractivity contribution in [3.8, 4) is 0 Å². The summed E-state index contributed by atoms with van der Waals surface area (Å²) < 4.78 is 30.8. The van der Waals surface area contributed by atoms with Gasteiger partial charge in [0, 0.05) is 26.6 Å². The number of sulfonamides is 1. The van der Waals surface area contributed by atoms with E-state index in [4.69, 9.17) is 4.74 Å². The van der Waals surface area contributed by atoms with E-state index in [0.29, 0.717) is 6.61 Å². The number of nitrogens with one attached hydrogen (secondary N) is 2. The van der Waals surface area contributed by atoms with E-state index in [0.717, 1.165) is 11.3 Å². The van der Waals surface area contributed by atoms with Gasteiger partial charge >= 0.3 is 0 Å². The molecule has 6 nitrogen and oxygen atoms in total. The molecular formula is C10H16N2O4S2. The molecule has 8 heteroatoms. The first kappa shape index (κ1) is 15.1. The molecule has 0 saturated heterocycles. The smallest absolute Gasteiger partial charge is 0.250 e. The van der Waals surface area contributed by atoms with Gasteiger partial charge in [-0.25, -0.2) is 13.1 Å². The van der Waals surface area contributed by atoms with Crippen LogP contribution in [0.1, 0.15) is 6.42 Å². The van der Waals surface area contributed by atoms with Crippen LogP contribution in [0.15, 0.2) is 21.7 Å². The second-order valence-corrected chi connectivity index (χ2v) is 6.36. The first-order valence-electron chi connectivity index (χ1n) is 5.35. The highest BCUT2D eigenvalue weighted by Gasteiger charge is 2.13. The predicted molar refractivity (Wildman–Crippen MR) is 69.0 cm³/mol. The average Bonchev–Trinajstić information content (AvgIpc) is 2.86. The van der Waals surface area contributed by atoms with E-state index < -0.39 is 10.0 Å². The van der Waals surface area contributed by atoms with E-state index in [9.17, 15) is 13.2 Å². The molecule has 1 aromatic rings. The van der Waals surface area contributed by atoms with Gasteiger partial charge < -0.3 is 10.1 Å². The maximum absolute atomic E-state index is 11.7. The molecule has 1 aromatic heterocycles. The Bertz CT molecular complexity index is 456. The quantitative estimate of drug-likeness (QED) is 0.669. The zero-order valence-corrected chi connectivity index (χ0v) is 11.6. The highest BCUT2D eigenvalue weighted by atomic mass is 32.2. The Kier molecular flexibility index (Phi) is 6.27. The third-order valence-corrected chi connectivity index (χ3v) is 4.89. The molecule has 0 saturated carbocycles. The molecule has 0 spiro atoms. The average molecular weight is 292 g/mol. The third-order valence-electron chi connectivity index (χ3n) is 2.03. The number of rotatable bonds is 8. The monoisotopic (exact) mass is 292 g/mol. The van der Waals surface area contributed by atoms with E-state index in [1.54, 1.807) is 11.4 Å². The van der Waals surface area contributed by atoms with Gasteiger partial charge in [0.2, 0.25) is 15.9 Å². The highest BCUT2D eigenvalue weighted by molar-refractivity contribution is 7.91. The molecule has 0 aliphatic heterocycles.